The second-order valence-electron chi connectivity index (χ2n) is 5.44. The maximum absolute atomic E-state index is 11.8. The molecule has 0 aromatic rings. The molecule has 1 aliphatic heterocycles. The van der Waals surface area contributed by atoms with Crippen molar-refractivity contribution in [2.24, 2.45) is 17.1 Å². The summed E-state index contributed by atoms with van der Waals surface area (Å²) in [6, 6.07) is -1.16. The van der Waals surface area contributed by atoms with Gasteiger partial charge in [0.1, 0.15) is 5.92 Å². The highest BCUT2D eigenvalue weighted by molar-refractivity contribution is 5.83. The van der Waals surface area contributed by atoms with Crippen molar-refractivity contribution in [3.63, 3.8) is 0 Å². The molecule has 3 atom stereocenters. The van der Waals surface area contributed by atoms with Crippen molar-refractivity contribution >= 4 is 11.9 Å². The number of hydrogen-bond donors (Lipinski definition) is 3. The number of aliphatic carboxylic acids is 1. The number of carbonyl (C=O) groups is 2. The van der Waals surface area contributed by atoms with Crippen molar-refractivity contribution in [3.05, 3.63) is 0 Å². The first-order valence-electron chi connectivity index (χ1n) is 5.60. The smallest absolute Gasteiger partial charge is 0.311 e. The van der Waals surface area contributed by atoms with Gasteiger partial charge in [-0.3, -0.25) is 9.59 Å². The third-order valence-corrected chi connectivity index (χ3v) is 2.94. The van der Waals surface area contributed by atoms with Crippen LogP contribution in [-0.4, -0.2) is 42.3 Å². The number of carboxylic acids is 1. The molecular weight excluding hydrogens is 224 g/mol. The van der Waals surface area contributed by atoms with Gasteiger partial charge in [-0.15, -0.1) is 0 Å². The zero-order valence-electron chi connectivity index (χ0n) is 10.4. The van der Waals surface area contributed by atoms with Crippen molar-refractivity contribution < 1.29 is 19.4 Å². The van der Waals surface area contributed by atoms with Crippen LogP contribution in [0.25, 0.3) is 0 Å². The van der Waals surface area contributed by atoms with E-state index in [4.69, 9.17) is 15.6 Å². The maximum Gasteiger partial charge on any atom is 0.311 e. The summed E-state index contributed by atoms with van der Waals surface area (Å²) in [6.07, 6.45) is 0. The van der Waals surface area contributed by atoms with E-state index in [-0.39, 0.29) is 24.5 Å². The van der Waals surface area contributed by atoms with E-state index in [9.17, 15) is 9.59 Å². The lowest BCUT2D eigenvalue weighted by molar-refractivity contribution is -0.142. The molecule has 0 aromatic heterocycles. The molecular formula is C11H20N2O4. The largest absolute Gasteiger partial charge is 0.481 e. The van der Waals surface area contributed by atoms with Gasteiger partial charge in [0.2, 0.25) is 5.91 Å². The molecule has 0 aliphatic carbocycles. The zero-order chi connectivity index (χ0) is 13.2. The van der Waals surface area contributed by atoms with Crippen LogP contribution in [-0.2, 0) is 14.3 Å². The van der Waals surface area contributed by atoms with E-state index in [1.54, 1.807) is 0 Å². The highest BCUT2D eigenvalue weighted by Gasteiger charge is 2.37. The topological polar surface area (TPSA) is 102 Å². The van der Waals surface area contributed by atoms with Crippen molar-refractivity contribution in [2.45, 2.75) is 32.9 Å². The number of rotatable bonds is 3. The van der Waals surface area contributed by atoms with Crippen LogP contribution >= 0.6 is 0 Å². The van der Waals surface area contributed by atoms with E-state index >= 15 is 0 Å². The molecule has 1 aliphatic rings. The molecule has 1 fully saturated rings. The standard InChI is InChI=1S/C11H20N2O4/c1-11(2,3)8(12)9(14)13-7-5-17-4-6(7)10(15)16/h6-8H,4-5,12H2,1-3H3,(H,13,14)(H,15,16)/t6?,7?,8-/m1/s1. The molecule has 98 valence electrons. The average molecular weight is 244 g/mol. The van der Waals surface area contributed by atoms with E-state index in [1.165, 1.54) is 0 Å². The molecule has 0 spiro atoms. The van der Waals surface area contributed by atoms with Gasteiger partial charge >= 0.3 is 5.97 Å². The van der Waals surface area contributed by atoms with Gasteiger partial charge < -0.3 is 20.9 Å². The highest BCUT2D eigenvalue weighted by atomic mass is 16.5. The lowest BCUT2D eigenvalue weighted by Crippen LogP contribution is -2.53. The Hall–Kier alpha value is -1.14. The summed E-state index contributed by atoms with van der Waals surface area (Å²) in [5, 5.41) is 11.6. The summed E-state index contributed by atoms with van der Waals surface area (Å²) in [5.74, 6) is -1.98. The summed E-state index contributed by atoms with van der Waals surface area (Å²) in [6.45, 7) is 5.93. The minimum atomic E-state index is -0.961. The molecule has 0 radical (unpaired) electrons. The van der Waals surface area contributed by atoms with Gasteiger partial charge in [0.05, 0.1) is 25.3 Å². The van der Waals surface area contributed by atoms with Gasteiger partial charge in [0.15, 0.2) is 0 Å². The zero-order valence-corrected chi connectivity index (χ0v) is 10.4. The number of hydrogen-bond acceptors (Lipinski definition) is 4. The minimum Gasteiger partial charge on any atom is -0.481 e. The van der Waals surface area contributed by atoms with Gasteiger partial charge in [-0.25, -0.2) is 0 Å². The quantitative estimate of drug-likeness (QED) is 0.625. The molecule has 4 N–H and O–H groups in total. The molecule has 0 aromatic carbocycles. The monoisotopic (exact) mass is 244 g/mol. The predicted molar refractivity (Wildman–Crippen MR) is 61.3 cm³/mol. The van der Waals surface area contributed by atoms with Gasteiger partial charge in [-0.1, -0.05) is 20.8 Å². The Balaban J connectivity index is 2.60. The lowest BCUT2D eigenvalue weighted by Gasteiger charge is -2.27. The molecule has 0 bridgehead atoms. The molecule has 2 unspecified atom stereocenters. The first kappa shape index (κ1) is 13.9. The fourth-order valence-electron chi connectivity index (χ4n) is 1.61. The van der Waals surface area contributed by atoms with Crippen LogP contribution in [0.2, 0.25) is 0 Å². The highest BCUT2D eigenvalue weighted by Crippen LogP contribution is 2.19. The fourth-order valence-corrected chi connectivity index (χ4v) is 1.61. The van der Waals surface area contributed by atoms with Gasteiger partial charge in [0.25, 0.3) is 0 Å². The Morgan fingerprint density at radius 2 is 2.00 bits per heavy atom. The van der Waals surface area contributed by atoms with Crippen molar-refractivity contribution in [1.29, 1.82) is 0 Å². The van der Waals surface area contributed by atoms with Gasteiger partial charge in [0, 0.05) is 0 Å². The van der Waals surface area contributed by atoms with Crippen LogP contribution in [0.3, 0.4) is 0 Å². The Kier molecular flexibility index (Phi) is 4.11. The Bertz CT molecular complexity index is 311. The third kappa shape index (κ3) is 3.41. The lowest BCUT2D eigenvalue weighted by atomic mass is 9.86. The summed E-state index contributed by atoms with van der Waals surface area (Å²) in [5.41, 5.74) is 5.43. The predicted octanol–water partition coefficient (Wildman–Crippen LogP) is -0.424. The summed E-state index contributed by atoms with van der Waals surface area (Å²) >= 11 is 0. The second kappa shape index (κ2) is 5.01. The Morgan fingerprint density at radius 3 is 2.47 bits per heavy atom. The molecule has 1 heterocycles. The van der Waals surface area contributed by atoms with Crippen LogP contribution in [0, 0.1) is 11.3 Å². The molecule has 17 heavy (non-hydrogen) atoms. The first-order valence-corrected chi connectivity index (χ1v) is 5.60. The Labute approximate surface area is 101 Å². The number of ether oxygens (including phenoxy) is 1. The molecule has 0 saturated carbocycles. The van der Waals surface area contributed by atoms with Crippen LogP contribution in [0.15, 0.2) is 0 Å². The SMILES string of the molecule is CC(C)(C)[C@H](N)C(=O)NC1COCC1C(=O)O. The first-order chi connectivity index (χ1) is 7.73. The van der Waals surface area contributed by atoms with Crippen molar-refractivity contribution in [1.82, 2.24) is 5.32 Å². The number of nitrogens with two attached hydrogens (primary N) is 1. The van der Waals surface area contributed by atoms with E-state index in [2.05, 4.69) is 5.32 Å². The average Bonchev–Trinajstić information content (AvgIpc) is 2.63. The summed E-state index contributed by atoms with van der Waals surface area (Å²) in [4.78, 5) is 22.7. The van der Waals surface area contributed by atoms with E-state index in [0.29, 0.717) is 0 Å². The van der Waals surface area contributed by atoms with E-state index in [0.717, 1.165) is 0 Å². The molecule has 1 amide bonds. The Morgan fingerprint density at radius 1 is 1.41 bits per heavy atom. The molecule has 1 saturated heterocycles. The van der Waals surface area contributed by atoms with Crippen LogP contribution in [0.4, 0.5) is 0 Å². The molecule has 6 nitrogen and oxygen atoms in total. The fraction of sp³-hybridized carbons (Fsp3) is 0.818. The summed E-state index contributed by atoms with van der Waals surface area (Å²) < 4.78 is 5.06. The van der Waals surface area contributed by atoms with Crippen LogP contribution in [0.5, 0.6) is 0 Å². The summed E-state index contributed by atoms with van der Waals surface area (Å²) in [7, 11) is 0. The van der Waals surface area contributed by atoms with E-state index in [1.807, 2.05) is 20.8 Å². The molecule has 1 rings (SSSR count). The van der Waals surface area contributed by atoms with Gasteiger partial charge in [-0.2, -0.15) is 0 Å². The molecule has 6 heteroatoms. The van der Waals surface area contributed by atoms with Crippen LogP contribution < -0.4 is 11.1 Å². The van der Waals surface area contributed by atoms with Crippen molar-refractivity contribution in [2.75, 3.05) is 13.2 Å². The van der Waals surface area contributed by atoms with Crippen LogP contribution in [0.1, 0.15) is 20.8 Å². The number of amides is 1. The third-order valence-electron chi connectivity index (χ3n) is 2.94. The van der Waals surface area contributed by atoms with Gasteiger partial charge in [-0.05, 0) is 5.41 Å². The second-order valence-corrected chi connectivity index (χ2v) is 5.44. The maximum atomic E-state index is 11.8. The number of nitrogens with one attached hydrogen (secondary N) is 1. The minimum absolute atomic E-state index is 0.130. The number of carboxylic acid groups (broad SMARTS) is 1. The number of carbonyl (C=O) groups excluding carboxylic acids is 1. The van der Waals surface area contributed by atoms with E-state index < -0.39 is 24.0 Å². The van der Waals surface area contributed by atoms with Crippen molar-refractivity contribution in [3.8, 4) is 0 Å². The normalized spacial score (nSPS) is 26.6.